The van der Waals surface area contributed by atoms with E-state index in [0.29, 0.717) is 17.9 Å². The quantitative estimate of drug-likeness (QED) is 0.358. The summed E-state index contributed by atoms with van der Waals surface area (Å²) in [6.45, 7) is 0. The van der Waals surface area contributed by atoms with E-state index in [1.54, 1.807) is 60.7 Å². The Labute approximate surface area is 174 Å². The molecule has 4 rings (SSSR count). The summed E-state index contributed by atoms with van der Waals surface area (Å²) in [5, 5.41) is 38.1. The number of rotatable bonds is 4. The molecule has 4 aromatic carbocycles. The fraction of sp³-hybridized carbons (Fsp3) is 0.0400. The second kappa shape index (κ2) is 9.89. The zero-order chi connectivity index (χ0) is 21.3. The first-order valence-corrected chi connectivity index (χ1v) is 9.32. The lowest BCUT2D eigenvalue weighted by Crippen LogP contribution is -1.88. The van der Waals surface area contributed by atoms with E-state index in [0.717, 1.165) is 11.1 Å². The number of para-hydroxylation sites is 6. The number of ether oxygens (including phenoxy) is 1. The van der Waals surface area contributed by atoms with Gasteiger partial charge in [0.1, 0.15) is 11.5 Å². The molecule has 0 heterocycles. The topological polar surface area (TPSA) is 90.2 Å². The fourth-order valence-electron chi connectivity index (χ4n) is 2.73. The maximum absolute atomic E-state index is 9.58. The molecule has 0 aliphatic rings. The van der Waals surface area contributed by atoms with Gasteiger partial charge >= 0.3 is 0 Å². The first kappa shape index (κ1) is 20.6. The number of aromatic hydroxyl groups is 4. The smallest absolute Gasteiger partial charge is 0.169 e. The number of benzene rings is 4. The molecule has 5 nitrogen and oxygen atoms in total. The molecule has 0 saturated heterocycles. The summed E-state index contributed by atoms with van der Waals surface area (Å²) in [5.74, 6) is 1.25. The van der Waals surface area contributed by atoms with E-state index in [2.05, 4.69) is 0 Å². The van der Waals surface area contributed by atoms with Gasteiger partial charge in [0.15, 0.2) is 23.0 Å². The fourth-order valence-corrected chi connectivity index (χ4v) is 2.73. The molecular formula is C25H22O5. The highest BCUT2D eigenvalue weighted by Crippen LogP contribution is 2.34. The van der Waals surface area contributed by atoms with Crippen molar-refractivity contribution in [1.82, 2.24) is 0 Å². The average Bonchev–Trinajstić information content (AvgIpc) is 2.75. The lowest BCUT2D eigenvalue weighted by Gasteiger charge is -2.08. The first-order chi connectivity index (χ1) is 14.5. The van der Waals surface area contributed by atoms with E-state index in [1.165, 1.54) is 12.1 Å². The molecule has 0 bridgehead atoms. The van der Waals surface area contributed by atoms with Gasteiger partial charge in [0.05, 0.1) is 0 Å². The third-order valence-electron chi connectivity index (χ3n) is 4.31. The van der Waals surface area contributed by atoms with Gasteiger partial charge in [0.25, 0.3) is 0 Å². The van der Waals surface area contributed by atoms with E-state index in [9.17, 15) is 20.4 Å². The van der Waals surface area contributed by atoms with E-state index in [-0.39, 0.29) is 23.0 Å². The van der Waals surface area contributed by atoms with E-state index < -0.39 is 0 Å². The molecule has 0 radical (unpaired) electrons. The van der Waals surface area contributed by atoms with Crippen LogP contribution in [0.25, 0.3) is 0 Å². The molecule has 4 aromatic rings. The molecule has 152 valence electrons. The van der Waals surface area contributed by atoms with Crippen LogP contribution >= 0.6 is 0 Å². The number of hydrogen-bond acceptors (Lipinski definition) is 5. The minimum atomic E-state index is 0.0424. The van der Waals surface area contributed by atoms with E-state index in [4.69, 9.17) is 4.74 Å². The summed E-state index contributed by atoms with van der Waals surface area (Å²) in [5.41, 5.74) is 1.64. The lowest BCUT2D eigenvalue weighted by molar-refractivity contribution is 0.385. The Balaban J connectivity index is 0.000000171. The normalized spacial score (nSPS) is 10.0. The van der Waals surface area contributed by atoms with E-state index in [1.807, 2.05) is 24.3 Å². The predicted octanol–water partition coefficient (Wildman–Crippen LogP) is 5.58. The van der Waals surface area contributed by atoms with Crippen molar-refractivity contribution in [2.45, 2.75) is 6.42 Å². The molecule has 0 unspecified atom stereocenters. The lowest BCUT2D eigenvalue weighted by atomic mass is 10.0. The second-order valence-corrected chi connectivity index (χ2v) is 6.47. The van der Waals surface area contributed by atoms with Crippen molar-refractivity contribution in [3.05, 3.63) is 108 Å². The first-order valence-electron chi connectivity index (χ1n) is 9.32. The average molecular weight is 402 g/mol. The Morgan fingerprint density at radius 2 is 0.767 bits per heavy atom. The Morgan fingerprint density at radius 1 is 0.433 bits per heavy atom. The SMILES string of the molecule is Oc1ccccc1Cc1ccccc1O.Oc1ccccc1Oc1ccccc1O. The third-order valence-corrected chi connectivity index (χ3v) is 4.31. The van der Waals surface area contributed by atoms with Crippen LogP contribution in [0.5, 0.6) is 34.5 Å². The highest BCUT2D eigenvalue weighted by atomic mass is 16.5. The van der Waals surface area contributed by atoms with Crippen molar-refractivity contribution in [1.29, 1.82) is 0 Å². The molecule has 0 aliphatic carbocycles. The molecule has 0 fully saturated rings. The van der Waals surface area contributed by atoms with Crippen LogP contribution in [0.2, 0.25) is 0 Å². The summed E-state index contributed by atoms with van der Waals surface area (Å²) in [6.07, 6.45) is 0.541. The Morgan fingerprint density at radius 3 is 1.13 bits per heavy atom. The zero-order valence-electron chi connectivity index (χ0n) is 16.1. The van der Waals surface area contributed by atoms with Crippen LogP contribution in [0.1, 0.15) is 11.1 Å². The summed E-state index contributed by atoms with van der Waals surface area (Å²) >= 11 is 0. The largest absolute Gasteiger partial charge is 0.508 e. The van der Waals surface area contributed by atoms with Gasteiger partial charge in [-0.1, -0.05) is 60.7 Å². The molecule has 0 aliphatic heterocycles. The van der Waals surface area contributed by atoms with Gasteiger partial charge in [-0.15, -0.1) is 0 Å². The maximum Gasteiger partial charge on any atom is 0.169 e. The molecule has 0 atom stereocenters. The maximum atomic E-state index is 9.58. The summed E-state index contributed by atoms with van der Waals surface area (Å²) in [7, 11) is 0. The van der Waals surface area contributed by atoms with Gasteiger partial charge in [-0.25, -0.2) is 0 Å². The van der Waals surface area contributed by atoms with Crippen LogP contribution < -0.4 is 4.74 Å². The Hall–Kier alpha value is -4.12. The van der Waals surface area contributed by atoms with Crippen LogP contribution in [0.4, 0.5) is 0 Å². The molecule has 0 spiro atoms. The molecular weight excluding hydrogens is 380 g/mol. The molecule has 0 amide bonds. The van der Waals surface area contributed by atoms with Crippen molar-refractivity contribution in [2.24, 2.45) is 0 Å². The third kappa shape index (κ3) is 5.45. The second-order valence-electron chi connectivity index (χ2n) is 6.47. The van der Waals surface area contributed by atoms with Crippen molar-refractivity contribution < 1.29 is 25.2 Å². The number of phenolic OH excluding ortho intramolecular Hbond substituents is 4. The van der Waals surface area contributed by atoms with E-state index >= 15 is 0 Å². The van der Waals surface area contributed by atoms with Crippen LogP contribution in [-0.2, 0) is 6.42 Å². The van der Waals surface area contributed by atoms with Crippen molar-refractivity contribution >= 4 is 0 Å². The summed E-state index contributed by atoms with van der Waals surface area (Å²) in [6, 6.07) is 27.5. The zero-order valence-corrected chi connectivity index (χ0v) is 16.1. The van der Waals surface area contributed by atoms with Crippen molar-refractivity contribution in [3.8, 4) is 34.5 Å². The minimum Gasteiger partial charge on any atom is -0.508 e. The highest BCUT2D eigenvalue weighted by Gasteiger charge is 2.06. The molecule has 5 heteroatoms. The standard InChI is InChI=1S/C13H12O2.C12H10O3/c14-12-7-3-1-5-10(12)9-11-6-2-4-8-13(11)15;13-9-5-1-3-7-11(9)15-12-8-4-2-6-10(12)14/h1-8,14-15H,9H2;1-8,13-14H. The van der Waals surface area contributed by atoms with Gasteiger partial charge in [-0.05, 0) is 47.5 Å². The van der Waals surface area contributed by atoms with Crippen molar-refractivity contribution in [3.63, 3.8) is 0 Å². The number of phenols is 4. The summed E-state index contributed by atoms with van der Waals surface area (Å²) in [4.78, 5) is 0. The molecule has 4 N–H and O–H groups in total. The molecule has 30 heavy (non-hydrogen) atoms. The summed E-state index contributed by atoms with van der Waals surface area (Å²) < 4.78 is 5.34. The Kier molecular flexibility index (Phi) is 6.79. The van der Waals surface area contributed by atoms with Crippen LogP contribution in [0.15, 0.2) is 97.1 Å². The van der Waals surface area contributed by atoms with Gasteiger partial charge in [-0.3, -0.25) is 0 Å². The molecule has 0 aromatic heterocycles. The van der Waals surface area contributed by atoms with Crippen LogP contribution in [0.3, 0.4) is 0 Å². The molecule has 0 saturated carbocycles. The number of hydrogen-bond donors (Lipinski definition) is 4. The Bertz CT molecular complexity index is 932. The van der Waals surface area contributed by atoms with Gasteiger partial charge in [-0.2, -0.15) is 0 Å². The van der Waals surface area contributed by atoms with Gasteiger partial charge in [0.2, 0.25) is 0 Å². The van der Waals surface area contributed by atoms with Gasteiger partial charge < -0.3 is 25.2 Å². The van der Waals surface area contributed by atoms with Gasteiger partial charge in [0, 0.05) is 6.42 Å². The van der Waals surface area contributed by atoms with Crippen LogP contribution in [0, 0.1) is 0 Å². The predicted molar refractivity (Wildman–Crippen MR) is 115 cm³/mol. The van der Waals surface area contributed by atoms with Crippen molar-refractivity contribution in [2.75, 3.05) is 0 Å². The monoisotopic (exact) mass is 402 g/mol. The van der Waals surface area contributed by atoms with Crippen LogP contribution in [-0.4, -0.2) is 20.4 Å². The minimum absolute atomic E-state index is 0.0424. The highest BCUT2D eigenvalue weighted by molar-refractivity contribution is 5.46.